The molecule has 1 N–H and O–H groups in total. The van der Waals surface area contributed by atoms with E-state index in [1.807, 2.05) is 56.3 Å². The van der Waals surface area contributed by atoms with E-state index >= 15 is 4.39 Å². The Morgan fingerprint density at radius 2 is 1.50 bits per heavy atom. The van der Waals surface area contributed by atoms with Gasteiger partial charge in [-0.15, -0.1) is 0 Å². The maximum absolute atomic E-state index is 15.7. The van der Waals surface area contributed by atoms with Crippen molar-refractivity contribution in [3.8, 4) is 17.2 Å². The van der Waals surface area contributed by atoms with Crippen LogP contribution in [0.25, 0.3) is 11.1 Å². The Morgan fingerprint density at radius 3 is 2.19 bits per heavy atom. The molecule has 5 aliphatic heterocycles. The number of fused-ring (bicyclic) bond motifs is 2. The topological polar surface area (TPSA) is 137 Å². The number of benzene rings is 4. The maximum atomic E-state index is 15.7. The van der Waals surface area contributed by atoms with Gasteiger partial charge in [-0.2, -0.15) is 5.26 Å². The van der Waals surface area contributed by atoms with Crippen molar-refractivity contribution < 1.29 is 28.4 Å². The molecule has 9 rings (SSSR count). The number of imide groups is 2. The van der Waals surface area contributed by atoms with Crippen LogP contribution in [0.1, 0.15) is 58.5 Å². The van der Waals surface area contributed by atoms with Gasteiger partial charge in [0.05, 0.1) is 44.2 Å². The SMILES string of the molecule is CC1(C)C(=O)N(c2ccc(C#N)c(Cl)c2)c2ccc(-c3ccc(N4CC(CN5CCN(c6ccc7c(c6)C(=O)N(C6CCC(=O)NC6=O)C7=O)CC5)C4)c(F)c3)cc21. The van der Waals surface area contributed by atoms with E-state index < -0.39 is 35.1 Å². The molecule has 0 saturated carbocycles. The Kier molecular flexibility index (Phi) is 9.09. The van der Waals surface area contributed by atoms with Crippen LogP contribution in [0, 0.1) is 23.1 Å². The molecule has 4 aromatic rings. The van der Waals surface area contributed by atoms with Gasteiger partial charge in [0.15, 0.2) is 0 Å². The first-order valence-corrected chi connectivity index (χ1v) is 19.8. The highest BCUT2D eigenvalue weighted by Crippen LogP contribution is 2.47. The molecule has 5 heterocycles. The Balaban J connectivity index is 0.802. The second kappa shape index (κ2) is 14.1. The number of hydrogen-bond acceptors (Lipinski definition) is 9. The molecule has 0 spiro atoms. The number of piperidine rings is 1. The second-order valence-corrected chi connectivity index (χ2v) is 16.6. The molecular weight excluding hydrogens is 761 g/mol. The molecule has 5 amide bonds. The number of nitrogens with zero attached hydrogens (tertiary/aromatic N) is 6. The predicted molar refractivity (Wildman–Crippen MR) is 216 cm³/mol. The summed E-state index contributed by atoms with van der Waals surface area (Å²) in [6.45, 7) is 9.21. The van der Waals surface area contributed by atoms with Gasteiger partial charge in [0.1, 0.15) is 17.9 Å². The number of halogens is 2. The molecular formula is C44H39ClFN7O5. The van der Waals surface area contributed by atoms with Crippen molar-refractivity contribution in [2.75, 3.05) is 60.5 Å². The summed E-state index contributed by atoms with van der Waals surface area (Å²) in [6, 6.07) is 22.2. The molecule has 294 valence electrons. The first kappa shape index (κ1) is 37.5. The zero-order chi connectivity index (χ0) is 40.6. The summed E-state index contributed by atoms with van der Waals surface area (Å²) in [7, 11) is 0. The maximum Gasteiger partial charge on any atom is 0.262 e. The average Bonchev–Trinajstić information content (AvgIpc) is 3.56. The minimum Gasteiger partial charge on any atom is -0.369 e. The fraction of sp³-hybridized carbons (Fsp3) is 0.318. The lowest BCUT2D eigenvalue weighted by molar-refractivity contribution is -0.136. The molecule has 5 aliphatic rings. The van der Waals surface area contributed by atoms with E-state index in [0.717, 1.165) is 73.2 Å². The van der Waals surface area contributed by atoms with Crippen LogP contribution in [0.3, 0.4) is 0 Å². The summed E-state index contributed by atoms with van der Waals surface area (Å²) < 4.78 is 15.7. The average molecular weight is 800 g/mol. The number of carbonyl (C=O) groups excluding carboxylic acids is 5. The minimum absolute atomic E-state index is 0.0735. The van der Waals surface area contributed by atoms with Crippen LogP contribution >= 0.6 is 11.6 Å². The number of anilines is 4. The minimum atomic E-state index is -0.996. The van der Waals surface area contributed by atoms with E-state index in [9.17, 15) is 29.2 Å². The summed E-state index contributed by atoms with van der Waals surface area (Å²) in [5, 5.41) is 11.8. The van der Waals surface area contributed by atoms with Crippen LogP contribution in [-0.2, 0) is 19.8 Å². The van der Waals surface area contributed by atoms with Gasteiger partial charge < -0.3 is 9.80 Å². The molecule has 3 saturated heterocycles. The standard InChI is InChI=1S/C44H39ClFN7O5/c1-44(2)33-17-26(4-9-36(33)52(43(44)58)30-6-3-28(21-47)34(45)20-30)27-5-10-37(35(46)18-27)51-23-25(24-51)22-49-13-15-50(16-14-49)29-7-8-31-32(19-29)42(57)53(41(31)56)38-11-12-39(54)48-40(38)55/h3-10,17-20,25,38H,11-16,22-24H2,1-2H3,(H,48,54,55). The number of rotatable bonds is 7. The van der Waals surface area contributed by atoms with Crippen LogP contribution in [0.5, 0.6) is 0 Å². The lowest BCUT2D eigenvalue weighted by Crippen LogP contribution is -2.55. The molecule has 0 radical (unpaired) electrons. The highest BCUT2D eigenvalue weighted by Gasteiger charge is 2.46. The molecule has 3 fully saturated rings. The number of piperazine rings is 1. The van der Waals surface area contributed by atoms with Crippen molar-refractivity contribution in [3.63, 3.8) is 0 Å². The molecule has 14 heteroatoms. The largest absolute Gasteiger partial charge is 0.369 e. The van der Waals surface area contributed by atoms with Gasteiger partial charge >= 0.3 is 0 Å². The van der Waals surface area contributed by atoms with Gasteiger partial charge in [0, 0.05) is 63.8 Å². The van der Waals surface area contributed by atoms with Crippen molar-refractivity contribution in [2.24, 2.45) is 5.92 Å². The van der Waals surface area contributed by atoms with Crippen molar-refractivity contribution in [3.05, 3.63) is 106 Å². The predicted octanol–water partition coefficient (Wildman–Crippen LogP) is 5.63. The Labute approximate surface area is 339 Å². The molecule has 58 heavy (non-hydrogen) atoms. The van der Waals surface area contributed by atoms with E-state index in [-0.39, 0.29) is 40.7 Å². The van der Waals surface area contributed by atoms with E-state index in [0.29, 0.717) is 28.4 Å². The summed E-state index contributed by atoms with van der Waals surface area (Å²) in [5.74, 6) is -2.10. The molecule has 4 aromatic carbocycles. The van der Waals surface area contributed by atoms with Gasteiger partial charge in [-0.3, -0.25) is 44.0 Å². The van der Waals surface area contributed by atoms with E-state index in [1.165, 1.54) is 0 Å². The van der Waals surface area contributed by atoms with Crippen molar-refractivity contribution in [1.82, 2.24) is 15.1 Å². The van der Waals surface area contributed by atoms with Gasteiger partial charge in [0.2, 0.25) is 17.7 Å². The molecule has 0 aliphatic carbocycles. The first-order valence-electron chi connectivity index (χ1n) is 19.4. The van der Waals surface area contributed by atoms with Crippen LogP contribution in [0.4, 0.5) is 27.1 Å². The first-order chi connectivity index (χ1) is 27.8. The van der Waals surface area contributed by atoms with Gasteiger partial charge in [-0.1, -0.05) is 23.7 Å². The monoisotopic (exact) mass is 799 g/mol. The fourth-order valence-corrected chi connectivity index (χ4v) is 9.16. The van der Waals surface area contributed by atoms with Crippen molar-refractivity contribution in [2.45, 2.75) is 38.1 Å². The Hall–Kier alpha value is -6.10. The molecule has 0 bridgehead atoms. The van der Waals surface area contributed by atoms with E-state index in [4.69, 9.17) is 11.6 Å². The Bertz CT molecular complexity index is 2500. The number of nitrogens with one attached hydrogen (secondary N) is 1. The Morgan fingerprint density at radius 1 is 0.810 bits per heavy atom. The number of hydrogen-bond donors (Lipinski definition) is 1. The normalized spacial score (nSPS) is 20.6. The zero-order valence-corrected chi connectivity index (χ0v) is 32.7. The number of carbonyl (C=O) groups is 5. The molecule has 0 aromatic heterocycles. The summed E-state index contributed by atoms with van der Waals surface area (Å²) in [6.07, 6.45) is 0.189. The van der Waals surface area contributed by atoms with Gasteiger partial charge in [0.25, 0.3) is 11.8 Å². The molecule has 12 nitrogen and oxygen atoms in total. The van der Waals surface area contributed by atoms with Gasteiger partial charge in [-0.25, -0.2) is 4.39 Å². The fourth-order valence-electron chi connectivity index (χ4n) is 8.94. The van der Waals surface area contributed by atoms with Crippen LogP contribution < -0.4 is 20.0 Å². The lowest BCUT2D eigenvalue weighted by Gasteiger charge is -2.45. The zero-order valence-electron chi connectivity index (χ0n) is 31.9. The van der Waals surface area contributed by atoms with E-state index in [1.54, 1.807) is 41.3 Å². The summed E-state index contributed by atoms with van der Waals surface area (Å²) >= 11 is 6.31. The van der Waals surface area contributed by atoms with Crippen LogP contribution in [0.15, 0.2) is 72.8 Å². The third-order valence-electron chi connectivity index (χ3n) is 12.2. The highest BCUT2D eigenvalue weighted by molar-refractivity contribution is 6.32. The molecule has 1 unspecified atom stereocenters. The van der Waals surface area contributed by atoms with Gasteiger partial charge in [-0.05, 0) is 97.6 Å². The molecule has 1 atom stereocenters. The number of amides is 5. The summed E-state index contributed by atoms with van der Waals surface area (Å²) in [5.41, 5.74) is 5.08. The van der Waals surface area contributed by atoms with Crippen LogP contribution in [0.2, 0.25) is 5.02 Å². The highest BCUT2D eigenvalue weighted by atomic mass is 35.5. The second-order valence-electron chi connectivity index (χ2n) is 16.2. The lowest BCUT2D eigenvalue weighted by atomic mass is 9.84. The third-order valence-corrected chi connectivity index (χ3v) is 12.5. The van der Waals surface area contributed by atoms with Crippen molar-refractivity contribution in [1.29, 1.82) is 5.26 Å². The quantitative estimate of drug-likeness (QED) is 0.236. The number of nitriles is 1. The van der Waals surface area contributed by atoms with Crippen molar-refractivity contribution >= 4 is 63.9 Å². The third kappa shape index (κ3) is 6.18. The van der Waals surface area contributed by atoms with E-state index in [2.05, 4.69) is 20.0 Å². The smallest absolute Gasteiger partial charge is 0.262 e. The summed E-state index contributed by atoms with van der Waals surface area (Å²) in [4.78, 5) is 73.4. The van der Waals surface area contributed by atoms with Crippen LogP contribution in [-0.4, -0.2) is 91.2 Å².